The third kappa shape index (κ3) is 6.49. The second kappa shape index (κ2) is 11.6. The molecule has 0 fully saturated rings. The summed E-state index contributed by atoms with van der Waals surface area (Å²) in [7, 11) is 0. The Kier molecular flexibility index (Phi) is 8.54. The molecule has 0 radical (unpaired) electrons. The van der Waals surface area contributed by atoms with Crippen molar-refractivity contribution in [3.63, 3.8) is 0 Å². The van der Waals surface area contributed by atoms with Crippen LogP contribution in [0.25, 0.3) is 6.08 Å². The first-order valence-electron chi connectivity index (χ1n) is 9.82. The van der Waals surface area contributed by atoms with E-state index < -0.39 is 5.91 Å². The molecule has 0 heterocycles. The van der Waals surface area contributed by atoms with E-state index in [1.807, 2.05) is 37.3 Å². The number of nitriles is 1. The van der Waals surface area contributed by atoms with Crippen LogP contribution >= 0.6 is 34.2 Å². The lowest BCUT2D eigenvalue weighted by Crippen LogP contribution is -2.13. The lowest BCUT2D eigenvalue weighted by Gasteiger charge is -2.13. The minimum Gasteiger partial charge on any atom is -0.490 e. The monoisotopic (exact) mass is 558 g/mol. The third-order valence-electron chi connectivity index (χ3n) is 4.37. The molecule has 0 unspecified atom stereocenters. The van der Waals surface area contributed by atoms with Crippen LogP contribution in [0.1, 0.15) is 18.1 Å². The Bertz CT molecular complexity index is 1170. The van der Waals surface area contributed by atoms with Crippen molar-refractivity contribution >= 4 is 51.9 Å². The molecule has 0 aliphatic heterocycles. The standard InChI is InChI=1S/C25H20ClIN2O3/c1-2-31-24-14-18(9-12-23(24)32-16-17-7-10-20(27)11-8-17)13-19(15-28)25(30)29-22-6-4-3-5-21(22)26/h3-14H,2,16H2,1H3,(H,29,30)/b19-13+. The van der Waals surface area contributed by atoms with E-state index in [2.05, 4.69) is 27.9 Å². The van der Waals surface area contributed by atoms with E-state index in [1.165, 1.54) is 6.08 Å². The molecule has 0 aliphatic carbocycles. The molecule has 1 amide bonds. The van der Waals surface area contributed by atoms with Gasteiger partial charge in [0.1, 0.15) is 18.2 Å². The fourth-order valence-corrected chi connectivity index (χ4v) is 3.35. The summed E-state index contributed by atoms with van der Waals surface area (Å²) in [5.74, 6) is 0.578. The number of para-hydroxylation sites is 1. The van der Waals surface area contributed by atoms with Crippen LogP contribution in [0.5, 0.6) is 11.5 Å². The summed E-state index contributed by atoms with van der Waals surface area (Å²) in [4.78, 5) is 12.5. The zero-order valence-corrected chi connectivity index (χ0v) is 20.2. The number of anilines is 1. The number of nitrogens with zero attached hydrogens (tertiary/aromatic N) is 1. The first-order valence-corrected chi connectivity index (χ1v) is 11.3. The van der Waals surface area contributed by atoms with Crippen molar-refractivity contribution in [1.29, 1.82) is 5.26 Å². The van der Waals surface area contributed by atoms with Gasteiger partial charge in [-0.25, -0.2) is 0 Å². The van der Waals surface area contributed by atoms with Crippen LogP contribution in [0.3, 0.4) is 0 Å². The first kappa shape index (κ1) is 23.6. The van der Waals surface area contributed by atoms with E-state index in [0.717, 1.165) is 9.13 Å². The van der Waals surface area contributed by atoms with E-state index in [0.29, 0.717) is 41.0 Å². The van der Waals surface area contributed by atoms with E-state index >= 15 is 0 Å². The number of rotatable bonds is 8. The number of carbonyl (C=O) groups excluding carboxylic acids is 1. The molecule has 3 aromatic rings. The van der Waals surface area contributed by atoms with Gasteiger partial charge in [0.15, 0.2) is 11.5 Å². The van der Waals surface area contributed by atoms with Crippen molar-refractivity contribution in [2.24, 2.45) is 0 Å². The fourth-order valence-electron chi connectivity index (χ4n) is 2.81. The quantitative estimate of drug-likeness (QED) is 0.195. The molecule has 32 heavy (non-hydrogen) atoms. The van der Waals surface area contributed by atoms with Gasteiger partial charge in [-0.1, -0.05) is 41.9 Å². The molecule has 5 nitrogen and oxygen atoms in total. The highest BCUT2D eigenvalue weighted by Crippen LogP contribution is 2.30. The fraction of sp³-hybridized carbons (Fsp3) is 0.120. The zero-order chi connectivity index (χ0) is 22.9. The molecule has 0 aromatic heterocycles. The molecule has 162 valence electrons. The van der Waals surface area contributed by atoms with Gasteiger partial charge in [0.25, 0.3) is 5.91 Å². The molecule has 3 aromatic carbocycles. The molecular formula is C25H20ClIN2O3. The van der Waals surface area contributed by atoms with Gasteiger partial charge < -0.3 is 14.8 Å². The maximum Gasteiger partial charge on any atom is 0.266 e. The maximum absolute atomic E-state index is 12.5. The number of halogens is 2. The molecule has 7 heteroatoms. The van der Waals surface area contributed by atoms with Crippen molar-refractivity contribution in [3.8, 4) is 17.6 Å². The van der Waals surface area contributed by atoms with Gasteiger partial charge in [-0.2, -0.15) is 5.26 Å². The summed E-state index contributed by atoms with van der Waals surface area (Å²) in [6, 6.07) is 22.1. The number of hydrogen-bond acceptors (Lipinski definition) is 4. The van der Waals surface area contributed by atoms with Gasteiger partial charge in [0.2, 0.25) is 0 Å². The largest absolute Gasteiger partial charge is 0.490 e. The van der Waals surface area contributed by atoms with Crippen molar-refractivity contribution in [1.82, 2.24) is 0 Å². The highest BCUT2D eigenvalue weighted by atomic mass is 127. The number of nitrogens with one attached hydrogen (secondary N) is 1. The average Bonchev–Trinajstić information content (AvgIpc) is 2.79. The van der Waals surface area contributed by atoms with E-state index in [9.17, 15) is 10.1 Å². The Balaban J connectivity index is 1.78. The van der Waals surface area contributed by atoms with Crippen molar-refractivity contribution in [3.05, 3.63) is 92.0 Å². The van der Waals surface area contributed by atoms with Crippen LogP contribution in [0, 0.1) is 14.9 Å². The van der Waals surface area contributed by atoms with Gasteiger partial charge >= 0.3 is 0 Å². The lowest BCUT2D eigenvalue weighted by atomic mass is 10.1. The summed E-state index contributed by atoms with van der Waals surface area (Å²) >= 11 is 8.34. The molecular weight excluding hydrogens is 539 g/mol. The van der Waals surface area contributed by atoms with Crippen LogP contribution in [-0.2, 0) is 11.4 Å². The number of amides is 1. The second-order valence-electron chi connectivity index (χ2n) is 6.66. The van der Waals surface area contributed by atoms with Gasteiger partial charge in [-0.3, -0.25) is 4.79 Å². The Labute approximate surface area is 205 Å². The van der Waals surface area contributed by atoms with Crippen LogP contribution in [-0.4, -0.2) is 12.5 Å². The third-order valence-corrected chi connectivity index (χ3v) is 5.42. The molecule has 0 saturated heterocycles. The summed E-state index contributed by atoms with van der Waals surface area (Å²) in [6.45, 7) is 2.73. The number of hydrogen-bond donors (Lipinski definition) is 1. The molecule has 0 atom stereocenters. The van der Waals surface area contributed by atoms with E-state index in [4.69, 9.17) is 21.1 Å². The van der Waals surface area contributed by atoms with E-state index in [1.54, 1.807) is 42.5 Å². The topological polar surface area (TPSA) is 71.3 Å². The lowest BCUT2D eigenvalue weighted by molar-refractivity contribution is -0.112. The van der Waals surface area contributed by atoms with Crippen LogP contribution in [0.2, 0.25) is 5.02 Å². The van der Waals surface area contributed by atoms with Crippen LogP contribution in [0.4, 0.5) is 5.69 Å². The SMILES string of the molecule is CCOc1cc(/C=C(\C#N)C(=O)Nc2ccccc2Cl)ccc1OCc1ccc(I)cc1. The van der Waals surface area contributed by atoms with E-state index in [-0.39, 0.29) is 5.57 Å². The minimum absolute atomic E-state index is 0.0556. The van der Waals surface area contributed by atoms with Crippen molar-refractivity contribution in [2.75, 3.05) is 11.9 Å². The average molecular weight is 559 g/mol. The highest BCUT2D eigenvalue weighted by Gasteiger charge is 2.13. The number of benzene rings is 3. The van der Waals surface area contributed by atoms with Crippen molar-refractivity contribution in [2.45, 2.75) is 13.5 Å². The zero-order valence-electron chi connectivity index (χ0n) is 17.3. The molecule has 0 aliphatic rings. The second-order valence-corrected chi connectivity index (χ2v) is 8.31. The van der Waals surface area contributed by atoms with Crippen LogP contribution < -0.4 is 14.8 Å². The highest BCUT2D eigenvalue weighted by molar-refractivity contribution is 14.1. The number of carbonyl (C=O) groups is 1. The number of ether oxygens (including phenoxy) is 2. The molecule has 0 spiro atoms. The predicted octanol–water partition coefficient (Wildman–Crippen LogP) is 6.47. The normalized spacial score (nSPS) is 10.9. The summed E-state index contributed by atoms with van der Waals surface area (Å²) in [5, 5.41) is 12.5. The van der Waals surface area contributed by atoms with Crippen molar-refractivity contribution < 1.29 is 14.3 Å². The predicted molar refractivity (Wildman–Crippen MR) is 135 cm³/mol. The van der Waals surface area contributed by atoms with Gasteiger partial charge in [-0.05, 0) is 83.1 Å². The van der Waals surface area contributed by atoms with Gasteiger partial charge in [-0.15, -0.1) is 0 Å². The molecule has 3 rings (SSSR count). The Hall–Kier alpha value is -3.02. The molecule has 1 N–H and O–H groups in total. The maximum atomic E-state index is 12.5. The summed E-state index contributed by atoms with van der Waals surface area (Å²) in [6.07, 6.45) is 1.50. The Morgan fingerprint density at radius 3 is 2.53 bits per heavy atom. The van der Waals surface area contributed by atoms with Gasteiger partial charge in [0, 0.05) is 3.57 Å². The molecule has 0 bridgehead atoms. The summed E-state index contributed by atoms with van der Waals surface area (Å²) in [5.41, 5.74) is 2.07. The smallest absolute Gasteiger partial charge is 0.266 e. The molecule has 0 saturated carbocycles. The Morgan fingerprint density at radius 2 is 1.84 bits per heavy atom. The van der Waals surface area contributed by atoms with Gasteiger partial charge in [0.05, 0.1) is 17.3 Å². The first-order chi connectivity index (χ1) is 15.5. The Morgan fingerprint density at radius 1 is 1.09 bits per heavy atom. The minimum atomic E-state index is -0.544. The van der Waals surface area contributed by atoms with Crippen LogP contribution in [0.15, 0.2) is 72.3 Å². The summed E-state index contributed by atoms with van der Waals surface area (Å²) < 4.78 is 12.8.